The highest BCUT2D eigenvalue weighted by Crippen LogP contribution is 2.18. The van der Waals surface area contributed by atoms with Crippen LogP contribution in [0.25, 0.3) is 0 Å². The van der Waals surface area contributed by atoms with E-state index >= 15 is 0 Å². The minimum Gasteiger partial charge on any atom is -0.348 e. The molecular weight excluding hydrogens is 278 g/mol. The molecule has 3 heterocycles. The Bertz CT molecular complexity index is 571. The summed E-state index contributed by atoms with van der Waals surface area (Å²) in [7, 11) is 0. The lowest BCUT2D eigenvalue weighted by Gasteiger charge is -2.15. The molecule has 2 aromatic heterocycles. The first-order chi connectivity index (χ1) is 9.81. The molecule has 104 valence electrons. The van der Waals surface area contributed by atoms with Gasteiger partial charge in [-0.2, -0.15) is 25.1 Å². The molecule has 1 N–H and O–H groups in total. The third kappa shape index (κ3) is 3.11. The molecule has 2 aromatic rings. The Morgan fingerprint density at radius 3 is 2.80 bits per heavy atom. The SMILES string of the molecule is Clc1nc(NCc2cccnn2)nc(N2CCCC2)n1. The minimum atomic E-state index is 0.198. The summed E-state index contributed by atoms with van der Waals surface area (Å²) in [6, 6.07) is 3.71. The monoisotopic (exact) mass is 291 g/mol. The summed E-state index contributed by atoms with van der Waals surface area (Å²) in [5.41, 5.74) is 0.812. The second kappa shape index (κ2) is 5.96. The molecule has 8 heteroatoms. The number of hydrogen-bond donors (Lipinski definition) is 1. The molecule has 20 heavy (non-hydrogen) atoms. The third-order valence-electron chi connectivity index (χ3n) is 3.04. The predicted octanol–water partition coefficient (Wildman–Crippen LogP) is 1.53. The van der Waals surface area contributed by atoms with E-state index in [-0.39, 0.29) is 5.28 Å². The Morgan fingerprint density at radius 1 is 1.20 bits per heavy atom. The fourth-order valence-electron chi connectivity index (χ4n) is 2.07. The molecule has 0 saturated carbocycles. The van der Waals surface area contributed by atoms with Crippen molar-refractivity contribution in [3.63, 3.8) is 0 Å². The summed E-state index contributed by atoms with van der Waals surface area (Å²) in [5, 5.41) is 11.1. The van der Waals surface area contributed by atoms with E-state index in [2.05, 4.69) is 35.4 Å². The molecule has 1 aliphatic heterocycles. The van der Waals surface area contributed by atoms with Crippen molar-refractivity contribution < 1.29 is 0 Å². The second-order valence-electron chi connectivity index (χ2n) is 4.49. The molecule has 0 spiro atoms. The molecule has 1 aliphatic rings. The number of halogens is 1. The van der Waals surface area contributed by atoms with E-state index in [1.807, 2.05) is 12.1 Å². The van der Waals surface area contributed by atoms with E-state index in [4.69, 9.17) is 11.6 Å². The zero-order valence-electron chi connectivity index (χ0n) is 10.8. The molecule has 0 amide bonds. The first-order valence-corrected chi connectivity index (χ1v) is 6.86. The quantitative estimate of drug-likeness (QED) is 0.915. The van der Waals surface area contributed by atoms with Gasteiger partial charge >= 0.3 is 0 Å². The van der Waals surface area contributed by atoms with Crippen LogP contribution in [0.5, 0.6) is 0 Å². The lowest BCUT2D eigenvalue weighted by Crippen LogP contribution is -2.21. The first-order valence-electron chi connectivity index (χ1n) is 6.48. The molecule has 0 unspecified atom stereocenters. The van der Waals surface area contributed by atoms with Crippen LogP contribution in [0.2, 0.25) is 5.28 Å². The van der Waals surface area contributed by atoms with E-state index in [1.165, 1.54) is 0 Å². The van der Waals surface area contributed by atoms with Crippen molar-refractivity contribution in [1.29, 1.82) is 0 Å². The molecule has 0 atom stereocenters. The summed E-state index contributed by atoms with van der Waals surface area (Å²) in [4.78, 5) is 14.8. The Labute approximate surface area is 121 Å². The van der Waals surface area contributed by atoms with Crippen molar-refractivity contribution in [1.82, 2.24) is 25.1 Å². The normalized spacial score (nSPS) is 14.6. The van der Waals surface area contributed by atoms with Crippen LogP contribution in [-0.2, 0) is 6.54 Å². The maximum absolute atomic E-state index is 5.95. The minimum absolute atomic E-state index is 0.198. The molecule has 3 rings (SSSR count). The predicted molar refractivity (Wildman–Crippen MR) is 75.6 cm³/mol. The van der Waals surface area contributed by atoms with Gasteiger partial charge in [0.2, 0.25) is 17.2 Å². The Kier molecular flexibility index (Phi) is 3.87. The second-order valence-corrected chi connectivity index (χ2v) is 4.83. The zero-order valence-corrected chi connectivity index (χ0v) is 11.6. The van der Waals surface area contributed by atoms with Crippen molar-refractivity contribution in [2.45, 2.75) is 19.4 Å². The lowest BCUT2D eigenvalue weighted by atomic mass is 10.4. The number of aromatic nitrogens is 5. The summed E-state index contributed by atoms with van der Waals surface area (Å²) in [6.07, 6.45) is 3.95. The highest BCUT2D eigenvalue weighted by molar-refractivity contribution is 6.28. The van der Waals surface area contributed by atoms with Gasteiger partial charge < -0.3 is 10.2 Å². The number of hydrogen-bond acceptors (Lipinski definition) is 7. The van der Waals surface area contributed by atoms with Gasteiger partial charge in [-0.1, -0.05) is 0 Å². The Morgan fingerprint density at radius 2 is 2.05 bits per heavy atom. The fraction of sp³-hybridized carbons (Fsp3) is 0.417. The van der Waals surface area contributed by atoms with Crippen LogP contribution < -0.4 is 10.2 Å². The Hall–Kier alpha value is -2.02. The largest absolute Gasteiger partial charge is 0.348 e. The van der Waals surface area contributed by atoms with Crippen LogP contribution in [0.4, 0.5) is 11.9 Å². The van der Waals surface area contributed by atoms with E-state index in [9.17, 15) is 0 Å². The third-order valence-corrected chi connectivity index (χ3v) is 3.21. The standard InChI is InChI=1S/C12H14ClN7/c13-10-16-11(14-8-9-4-3-5-15-19-9)18-12(17-10)20-6-1-2-7-20/h3-5H,1-2,6-8H2,(H,14,16,17,18). The van der Waals surface area contributed by atoms with Crippen LogP contribution >= 0.6 is 11.6 Å². The van der Waals surface area contributed by atoms with E-state index in [1.54, 1.807) is 6.20 Å². The van der Waals surface area contributed by atoms with Gasteiger partial charge in [0.1, 0.15) is 0 Å². The van der Waals surface area contributed by atoms with Crippen LogP contribution in [0.15, 0.2) is 18.3 Å². The van der Waals surface area contributed by atoms with Crippen LogP contribution in [0.3, 0.4) is 0 Å². The fourth-order valence-corrected chi connectivity index (χ4v) is 2.23. The van der Waals surface area contributed by atoms with Crippen LogP contribution in [0.1, 0.15) is 18.5 Å². The number of nitrogens with zero attached hydrogens (tertiary/aromatic N) is 6. The molecule has 1 fully saturated rings. The van der Waals surface area contributed by atoms with Gasteiger partial charge in [0.05, 0.1) is 12.2 Å². The number of anilines is 2. The molecule has 0 aliphatic carbocycles. The maximum Gasteiger partial charge on any atom is 0.231 e. The molecule has 7 nitrogen and oxygen atoms in total. The van der Waals surface area contributed by atoms with E-state index in [0.717, 1.165) is 31.6 Å². The highest BCUT2D eigenvalue weighted by Gasteiger charge is 2.16. The van der Waals surface area contributed by atoms with Crippen molar-refractivity contribution in [2.24, 2.45) is 0 Å². The molecule has 1 saturated heterocycles. The van der Waals surface area contributed by atoms with Gasteiger partial charge in [-0.15, -0.1) is 0 Å². The smallest absolute Gasteiger partial charge is 0.231 e. The van der Waals surface area contributed by atoms with Crippen molar-refractivity contribution in [3.05, 3.63) is 29.3 Å². The average Bonchev–Trinajstić information content (AvgIpc) is 3.00. The van der Waals surface area contributed by atoms with Crippen LogP contribution in [-0.4, -0.2) is 38.2 Å². The summed E-state index contributed by atoms with van der Waals surface area (Å²) in [5.74, 6) is 1.08. The van der Waals surface area contributed by atoms with Gasteiger partial charge in [0.15, 0.2) is 0 Å². The molecular formula is C12H14ClN7. The van der Waals surface area contributed by atoms with Crippen molar-refractivity contribution >= 4 is 23.5 Å². The van der Waals surface area contributed by atoms with Gasteiger partial charge in [-0.3, -0.25) is 0 Å². The number of rotatable bonds is 4. The summed E-state index contributed by atoms with van der Waals surface area (Å²) in [6.45, 7) is 2.42. The molecule has 0 bridgehead atoms. The van der Waals surface area contributed by atoms with E-state index < -0.39 is 0 Å². The van der Waals surface area contributed by atoms with Gasteiger partial charge in [-0.25, -0.2) is 0 Å². The average molecular weight is 292 g/mol. The van der Waals surface area contributed by atoms with Crippen molar-refractivity contribution in [3.8, 4) is 0 Å². The Balaban J connectivity index is 1.72. The molecule has 0 radical (unpaired) electrons. The van der Waals surface area contributed by atoms with Gasteiger partial charge in [-0.05, 0) is 36.6 Å². The van der Waals surface area contributed by atoms with Crippen molar-refractivity contribution in [2.75, 3.05) is 23.3 Å². The zero-order chi connectivity index (χ0) is 13.8. The lowest BCUT2D eigenvalue weighted by molar-refractivity contribution is 0.867. The summed E-state index contributed by atoms with van der Waals surface area (Å²) < 4.78 is 0. The number of nitrogens with one attached hydrogen (secondary N) is 1. The molecule has 0 aromatic carbocycles. The maximum atomic E-state index is 5.95. The first kappa shape index (κ1) is 13.0. The van der Waals surface area contributed by atoms with Gasteiger partial charge in [0.25, 0.3) is 0 Å². The summed E-state index contributed by atoms with van der Waals surface area (Å²) >= 11 is 5.95. The van der Waals surface area contributed by atoms with E-state index in [0.29, 0.717) is 18.4 Å². The van der Waals surface area contributed by atoms with Crippen LogP contribution in [0, 0.1) is 0 Å². The van der Waals surface area contributed by atoms with Gasteiger partial charge in [0, 0.05) is 19.3 Å². The topological polar surface area (TPSA) is 79.7 Å². The highest BCUT2D eigenvalue weighted by atomic mass is 35.5.